The summed E-state index contributed by atoms with van der Waals surface area (Å²) in [5, 5.41) is 3.97. The van der Waals surface area contributed by atoms with Crippen LogP contribution >= 0.6 is 11.3 Å². The molecule has 3 atom stereocenters. The number of esters is 1. The molecule has 0 aromatic carbocycles. The maximum atomic E-state index is 11.8. The van der Waals surface area contributed by atoms with Crippen molar-refractivity contribution in [1.82, 2.24) is 5.32 Å². The number of nitrogens with one attached hydrogen (secondary N) is 1. The molecule has 22 heavy (non-hydrogen) atoms. The van der Waals surface area contributed by atoms with Crippen molar-refractivity contribution in [2.75, 3.05) is 6.61 Å². The zero-order valence-corrected chi connectivity index (χ0v) is 13.1. The number of rotatable bonds is 5. The Bertz CT molecular complexity index is 569. The summed E-state index contributed by atoms with van der Waals surface area (Å²) in [5.41, 5.74) is 0. The SMILES string of the molecule is O=C(COC(=O)C[C@H]1C[C@H]2CC[C@@H]1C2)NC(=O)c1cccs1. The minimum atomic E-state index is -0.584. The Balaban J connectivity index is 1.37. The van der Waals surface area contributed by atoms with Gasteiger partial charge in [0.1, 0.15) is 0 Å². The van der Waals surface area contributed by atoms with Crippen LogP contribution in [0.5, 0.6) is 0 Å². The minimum absolute atomic E-state index is 0.337. The number of imide groups is 1. The fraction of sp³-hybridized carbons (Fsp3) is 0.562. The Kier molecular flexibility index (Phi) is 4.57. The summed E-state index contributed by atoms with van der Waals surface area (Å²) in [5.74, 6) is 0.489. The van der Waals surface area contributed by atoms with E-state index in [1.165, 1.54) is 30.6 Å². The fourth-order valence-electron chi connectivity index (χ4n) is 3.68. The Labute approximate surface area is 133 Å². The van der Waals surface area contributed by atoms with Crippen LogP contribution in [0.25, 0.3) is 0 Å². The molecule has 6 heteroatoms. The maximum Gasteiger partial charge on any atom is 0.306 e. The van der Waals surface area contributed by atoms with Gasteiger partial charge >= 0.3 is 5.97 Å². The van der Waals surface area contributed by atoms with Gasteiger partial charge in [0, 0.05) is 6.42 Å². The number of hydrogen-bond donors (Lipinski definition) is 1. The first-order chi connectivity index (χ1) is 10.6. The monoisotopic (exact) mass is 321 g/mol. The molecule has 2 fully saturated rings. The molecule has 2 aliphatic rings. The predicted molar refractivity (Wildman–Crippen MR) is 81.3 cm³/mol. The van der Waals surface area contributed by atoms with Gasteiger partial charge in [-0.3, -0.25) is 19.7 Å². The highest BCUT2D eigenvalue weighted by atomic mass is 32.1. The van der Waals surface area contributed by atoms with E-state index in [2.05, 4.69) is 5.32 Å². The van der Waals surface area contributed by atoms with Gasteiger partial charge in [0.2, 0.25) is 0 Å². The van der Waals surface area contributed by atoms with E-state index in [0.29, 0.717) is 23.1 Å². The lowest BCUT2D eigenvalue weighted by Crippen LogP contribution is -2.34. The lowest BCUT2D eigenvalue weighted by Gasteiger charge is -2.20. The predicted octanol–water partition coefficient (Wildman–Crippen LogP) is 2.37. The molecule has 0 spiro atoms. The standard InChI is InChI=1S/C16H19NO4S/c18-14(17-16(20)13-2-1-5-22-13)9-21-15(19)8-12-7-10-3-4-11(12)6-10/h1-2,5,10-12H,3-4,6-9H2,(H,17,18,20)/t10-,11+,12+/m0/s1. The Hall–Kier alpha value is -1.69. The normalized spacial score (nSPS) is 25.9. The summed E-state index contributed by atoms with van der Waals surface area (Å²) in [6.45, 7) is -0.392. The van der Waals surface area contributed by atoms with E-state index in [1.807, 2.05) is 0 Å². The van der Waals surface area contributed by atoms with E-state index in [-0.39, 0.29) is 5.97 Å². The molecule has 0 unspecified atom stereocenters. The van der Waals surface area contributed by atoms with Crippen molar-refractivity contribution in [3.63, 3.8) is 0 Å². The molecule has 3 rings (SSSR count). The van der Waals surface area contributed by atoms with Crippen LogP contribution in [0, 0.1) is 17.8 Å². The zero-order valence-electron chi connectivity index (χ0n) is 12.2. The van der Waals surface area contributed by atoms with Crippen molar-refractivity contribution >= 4 is 29.1 Å². The van der Waals surface area contributed by atoms with E-state index in [4.69, 9.17) is 4.74 Å². The molecule has 0 aliphatic heterocycles. The van der Waals surface area contributed by atoms with Crippen molar-refractivity contribution in [1.29, 1.82) is 0 Å². The summed E-state index contributed by atoms with van der Waals surface area (Å²) in [6, 6.07) is 3.37. The Morgan fingerprint density at radius 3 is 2.77 bits per heavy atom. The van der Waals surface area contributed by atoms with E-state index < -0.39 is 18.4 Å². The van der Waals surface area contributed by atoms with Gasteiger partial charge in [-0.15, -0.1) is 11.3 Å². The zero-order chi connectivity index (χ0) is 15.5. The quantitative estimate of drug-likeness (QED) is 0.845. The number of thiophene rings is 1. The molecule has 5 nitrogen and oxygen atoms in total. The number of ether oxygens (including phenoxy) is 1. The third-order valence-corrected chi connectivity index (χ3v) is 5.54. The molecule has 1 N–H and O–H groups in total. The number of carbonyl (C=O) groups excluding carboxylic acids is 3. The third-order valence-electron chi connectivity index (χ3n) is 4.68. The molecular weight excluding hydrogens is 302 g/mol. The van der Waals surface area contributed by atoms with E-state index in [9.17, 15) is 14.4 Å². The molecule has 2 saturated carbocycles. The molecule has 0 radical (unpaired) electrons. The van der Waals surface area contributed by atoms with Crippen LogP contribution in [0.2, 0.25) is 0 Å². The topological polar surface area (TPSA) is 72.5 Å². The molecular formula is C16H19NO4S. The van der Waals surface area contributed by atoms with Gasteiger partial charge in [-0.1, -0.05) is 12.5 Å². The third kappa shape index (κ3) is 3.55. The molecule has 1 aromatic heterocycles. The molecule has 2 amide bonds. The first kappa shape index (κ1) is 15.2. The van der Waals surface area contributed by atoms with Gasteiger partial charge in [-0.2, -0.15) is 0 Å². The molecule has 1 heterocycles. The van der Waals surface area contributed by atoms with Gasteiger partial charge in [-0.25, -0.2) is 0 Å². The first-order valence-corrected chi connectivity index (χ1v) is 8.53. The summed E-state index contributed by atoms with van der Waals surface area (Å²) in [6.07, 6.45) is 5.27. The van der Waals surface area contributed by atoms with Gasteiger partial charge in [0.15, 0.2) is 6.61 Å². The van der Waals surface area contributed by atoms with Gasteiger partial charge in [-0.05, 0) is 48.5 Å². The average Bonchev–Trinajstić information content (AvgIpc) is 3.22. The molecule has 1 aromatic rings. The second-order valence-corrected chi connectivity index (χ2v) is 7.10. The second-order valence-electron chi connectivity index (χ2n) is 6.15. The second kappa shape index (κ2) is 6.60. The lowest BCUT2D eigenvalue weighted by atomic mass is 9.86. The van der Waals surface area contributed by atoms with Crippen molar-refractivity contribution in [2.45, 2.75) is 32.1 Å². The molecule has 2 aliphatic carbocycles. The smallest absolute Gasteiger partial charge is 0.306 e. The first-order valence-electron chi connectivity index (χ1n) is 7.65. The van der Waals surface area contributed by atoms with Crippen LogP contribution in [0.15, 0.2) is 17.5 Å². The summed E-state index contributed by atoms with van der Waals surface area (Å²) in [4.78, 5) is 35.5. The molecule has 0 saturated heterocycles. The van der Waals surface area contributed by atoms with E-state index in [1.54, 1.807) is 17.5 Å². The van der Waals surface area contributed by atoms with Crippen molar-refractivity contribution in [3.8, 4) is 0 Å². The van der Waals surface area contributed by atoms with Gasteiger partial charge < -0.3 is 4.74 Å². The number of amides is 2. The van der Waals surface area contributed by atoms with Crippen molar-refractivity contribution in [2.24, 2.45) is 17.8 Å². The Morgan fingerprint density at radius 2 is 2.14 bits per heavy atom. The largest absolute Gasteiger partial charge is 0.456 e. The van der Waals surface area contributed by atoms with Crippen LogP contribution in [-0.4, -0.2) is 24.4 Å². The van der Waals surface area contributed by atoms with Crippen LogP contribution in [0.3, 0.4) is 0 Å². The number of hydrogen-bond acceptors (Lipinski definition) is 5. The number of carbonyl (C=O) groups is 3. The van der Waals surface area contributed by atoms with Crippen LogP contribution < -0.4 is 5.32 Å². The molecule has 2 bridgehead atoms. The highest BCUT2D eigenvalue weighted by molar-refractivity contribution is 7.12. The summed E-state index contributed by atoms with van der Waals surface area (Å²) in [7, 11) is 0. The van der Waals surface area contributed by atoms with E-state index >= 15 is 0 Å². The summed E-state index contributed by atoms with van der Waals surface area (Å²) >= 11 is 1.25. The summed E-state index contributed by atoms with van der Waals surface area (Å²) < 4.78 is 4.99. The van der Waals surface area contributed by atoms with Crippen molar-refractivity contribution < 1.29 is 19.1 Å². The average molecular weight is 321 g/mol. The van der Waals surface area contributed by atoms with Crippen molar-refractivity contribution in [3.05, 3.63) is 22.4 Å². The highest BCUT2D eigenvalue weighted by Crippen LogP contribution is 2.49. The van der Waals surface area contributed by atoms with Crippen LogP contribution in [-0.2, 0) is 14.3 Å². The van der Waals surface area contributed by atoms with Gasteiger partial charge in [0.25, 0.3) is 11.8 Å². The Morgan fingerprint density at radius 1 is 1.27 bits per heavy atom. The fourth-order valence-corrected chi connectivity index (χ4v) is 4.30. The van der Waals surface area contributed by atoms with Crippen LogP contribution in [0.1, 0.15) is 41.8 Å². The van der Waals surface area contributed by atoms with Gasteiger partial charge in [0.05, 0.1) is 4.88 Å². The molecule has 118 valence electrons. The maximum absolute atomic E-state index is 11.8. The van der Waals surface area contributed by atoms with E-state index in [0.717, 1.165) is 12.3 Å². The number of fused-ring (bicyclic) bond motifs is 2. The highest BCUT2D eigenvalue weighted by Gasteiger charge is 2.40. The van der Waals surface area contributed by atoms with Crippen LogP contribution in [0.4, 0.5) is 0 Å². The minimum Gasteiger partial charge on any atom is -0.456 e. The lowest BCUT2D eigenvalue weighted by molar-refractivity contribution is -0.149.